The molecule has 0 saturated carbocycles. The lowest BCUT2D eigenvalue weighted by Gasteiger charge is -2.05. The highest BCUT2D eigenvalue weighted by Crippen LogP contribution is 2.18. The molecule has 0 saturated heterocycles. The molecule has 1 heterocycles. The molecule has 27 heavy (non-hydrogen) atoms. The van der Waals surface area contributed by atoms with E-state index in [1.165, 1.54) is 18.4 Å². The summed E-state index contributed by atoms with van der Waals surface area (Å²) in [7, 11) is -3.69. The summed E-state index contributed by atoms with van der Waals surface area (Å²) in [4.78, 5) is 16.4. The molecule has 0 aliphatic rings. The number of hydrogen-bond donors (Lipinski definition) is 2. The van der Waals surface area contributed by atoms with E-state index in [-0.39, 0.29) is 17.2 Å². The van der Waals surface area contributed by atoms with Crippen LogP contribution in [0.5, 0.6) is 0 Å². The van der Waals surface area contributed by atoms with E-state index in [2.05, 4.69) is 10.3 Å². The fourth-order valence-corrected chi connectivity index (χ4v) is 3.04. The molecule has 140 valence electrons. The molecular formula is C19H19N3O4S. The van der Waals surface area contributed by atoms with Crippen LogP contribution < -0.4 is 10.5 Å². The molecule has 0 bridgehead atoms. The monoisotopic (exact) mass is 385 g/mol. The Morgan fingerprint density at radius 1 is 1.07 bits per heavy atom. The number of oxazole rings is 1. The van der Waals surface area contributed by atoms with E-state index >= 15 is 0 Å². The average molecular weight is 385 g/mol. The second kappa shape index (κ2) is 8.15. The van der Waals surface area contributed by atoms with Gasteiger partial charge in [0.2, 0.25) is 21.8 Å². The Hall–Kier alpha value is -2.97. The highest BCUT2D eigenvalue weighted by molar-refractivity contribution is 7.89. The van der Waals surface area contributed by atoms with Gasteiger partial charge in [-0.2, -0.15) is 0 Å². The van der Waals surface area contributed by atoms with E-state index in [1.807, 2.05) is 30.3 Å². The summed E-state index contributed by atoms with van der Waals surface area (Å²) in [5.41, 5.74) is 2.31. The maximum absolute atomic E-state index is 12.0. The van der Waals surface area contributed by atoms with Gasteiger partial charge in [0, 0.05) is 12.1 Å². The predicted octanol–water partition coefficient (Wildman–Crippen LogP) is 1.89. The highest BCUT2D eigenvalue weighted by atomic mass is 32.2. The summed E-state index contributed by atoms with van der Waals surface area (Å²) >= 11 is 0. The van der Waals surface area contributed by atoms with Crippen molar-refractivity contribution in [3.63, 3.8) is 0 Å². The average Bonchev–Trinajstić information content (AvgIpc) is 3.10. The van der Waals surface area contributed by atoms with Gasteiger partial charge >= 0.3 is 0 Å². The van der Waals surface area contributed by atoms with Gasteiger partial charge in [-0.3, -0.25) is 4.79 Å². The third kappa shape index (κ3) is 5.25. The molecule has 0 atom stereocenters. The van der Waals surface area contributed by atoms with Gasteiger partial charge < -0.3 is 9.73 Å². The molecule has 3 aromatic rings. The first kappa shape index (κ1) is 18.8. The molecular weight excluding hydrogens is 366 g/mol. The van der Waals surface area contributed by atoms with Crippen molar-refractivity contribution >= 4 is 15.9 Å². The van der Waals surface area contributed by atoms with Crippen LogP contribution >= 0.6 is 0 Å². The summed E-state index contributed by atoms with van der Waals surface area (Å²) in [6.07, 6.45) is 2.18. The molecule has 1 aromatic heterocycles. The lowest BCUT2D eigenvalue weighted by Crippen LogP contribution is -2.27. The van der Waals surface area contributed by atoms with Crippen LogP contribution in [0.1, 0.15) is 11.3 Å². The maximum Gasteiger partial charge on any atom is 0.238 e. The van der Waals surface area contributed by atoms with Crippen molar-refractivity contribution in [3.05, 3.63) is 72.1 Å². The maximum atomic E-state index is 12.0. The quantitative estimate of drug-likeness (QED) is 0.644. The van der Waals surface area contributed by atoms with Crippen molar-refractivity contribution in [1.29, 1.82) is 0 Å². The van der Waals surface area contributed by atoms with Crippen LogP contribution in [0.15, 0.2) is 70.2 Å². The van der Waals surface area contributed by atoms with Gasteiger partial charge in [0.25, 0.3) is 0 Å². The number of nitrogens with zero attached hydrogens (tertiary/aromatic N) is 1. The summed E-state index contributed by atoms with van der Waals surface area (Å²) in [5.74, 6) is 0.317. The number of primary sulfonamides is 1. The number of hydrogen-bond acceptors (Lipinski definition) is 5. The molecule has 3 N–H and O–H groups in total. The topological polar surface area (TPSA) is 115 Å². The number of carbonyl (C=O) groups is 1. The molecule has 1 amide bonds. The molecule has 0 unspecified atom stereocenters. The zero-order valence-corrected chi connectivity index (χ0v) is 15.3. The van der Waals surface area contributed by atoms with Crippen molar-refractivity contribution < 1.29 is 17.6 Å². The van der Waals surface area contributed by atoms with Crippen LogP contribution in [0.4, 0.5) is 0 Å². The van der Waals surface area contributed by atoms with Crippen LogP contribution in [0.3, 0.4) is 0 Å². The Morgan fingerprint density at radius 3 is 2.44 bits per heavy atom. The minimum absolute atomic E-state index is 0.0653. The Kier molecular flexibility index (Phi) is 5.68. The van der Waals surface area contributed by atoms with E-state index in [0.717, 1.165) is 11.1 Å². The first-order chi connectivity index (χ1) is 12.9. The second-order valence-corrected chi connectivity index (χ2v) is 7.54. The van der Waals surface area contributed by atoms with Crippen molar-refractivity contribution in [2.75, 3.05) is 6.54 Å². The fourth-order valence-electron chi connectivity index (χ4n) is 2.52. The molecule has 8 heteroatoms. The van der Waals surface area contributed by atoms with E-state index in [9.17, 15) is 13.2 Å². The third-order valence-electron chi connectivity index (χ3n) is 3.90. The van der Waals surface area contributed by atoms with Crippen molar-refractivity contribution in [2.45, 2.75) is 17.7 Å². The van der Waals surface area contributed by atoms with Gasteiger partial charge in [-0.1, -0.05) is 30.3 Å². The third-order valence-corrected chi connectivity index (χ3v) is 4.83. The molecule has 3 rings (SSSR count). The number of benzene rings is 2. The largest absolute Gasteiger partial charge is 0.444 e. The van der Waals surface area contributed by atoms with Crippen LogP contribution in [-0.4, -0.2) is 25.9 Å². The number of nitrogens with two attached hydrogens (primary N) is 1. The molecule has 0 fully saturated rings. The standard InChI is InChI=1S/C19H19N3O4S/c20-27(24,25)17-8-6-14(7-9-17)10-11-21-18(23)12-16-13-26-19(22-16)15-4-2-1-3-5-15/h1-9,13H,10-12H2,(H,21,23)(H2,20,24,25). The van der Waals surface area contributed by atoms with E-state index in [4.69, 9.17) is 9.56 Å². The summed E-state index contributed by atoms with van der Waals surface area (Å²) in [6.45, 7) is 0.428. The molecule has 7 nitrogen and oxygen atoms in total. The van der Waals surface area contributed by atoms with Gasteiger partial charge in [-0.05, 0) is 36.2 Å². The lowest BCUT2D eigenvalue weighted by atomic mass is 10.1. The molecule has 0 radical (unpaired) electrons. The van der Waals surface area contributed by atoms with Gasteiger partial charge in [-0.25, -0.2) is 18.5 Å². The number of sulfonamides is 1. The van der Waals surface area contributed by atoms with Crippen LogP contribution in [0.2, 0.25) is 0 Å². The predicted molar refractivity (Wildman–Crippen MR) is 100 cm³/mol. The van der Waals surface area contributed by atoms with Crippen molar-refractivity contribution in [1.82, 2.24) is 10.3 Å². The van der Waals surface area contributed by atoms with Crippen molar-refractivity contribution in [3.8, 4) is 11.5 Å². The van der Waals surface area contributed by atoms with Crippen molar-refractivity contribution in [2.24, 2.45) is 5.14 Å². The summed E-state index contributed by atoms with van der Waals surface area (Å²) in [5, 5.41) is 7.87. The molecule has 0 aliphatic carbocycles. The summed E-state index contributed by atoms with van der Waals surface area (Å²) in [6, 6.07) is 15.7. The fraction of sp³-hybridized carbons (Fsp3) is 0.158. The number of carbonyl (C=O) groups excluding carboxylic acids is 1. The molecule has 0 spiro atoms. The normalized spacial score (nSPS) is 11.3. The minimum atomic E-state index is -3.69. The van der Waals surface area contributed by atoms with E-state index in [0.29, 0.717) is 24.6 Å². The molecule has 0 aliphatic heterocycles. The first-order valence-corrected chi connectivity index (χ1v) is 9.85. The lowest BCUT2D eigenvalue weighted by molar-refractivity contribution is -0.120. The zero-order chi connectivity index (χ0) is 19.3. The van der Waals surface area contributed by atoms with Gasteiger partial charge in [0.15, 0.2) is 0 Å². The van der Waals surface area contributed by atoms with Crippen LogP contribution in [-0.2, 0) is 27.7 Å². The van der Waals surface area contributed by atoms with Crippen LogP contribution in [0, 0.1) is 0 Å². The first-order valence-electron chi connectivity index (χ1n) is 8.30. The van der Waals surface area contributed by atoms with Gasteiger partial charge in [0.1, 0.15) is 6.26 Å². The number of aromatic nitrogens is 1. The SMILES string of the molecule is NS(=O)(=O)c1ccc(CCNC(=O)Cc2coc(-c3ccccc3)n2)cc1. The Bertz CT molecular complexity index is 1010. The molecule has 2 aromatic carbocycles. The van der Waals surface area contributed by atoms with Crippen LogP contribution in [0.25, 0.3) is 11.5 Å². The van der Waals surface area contributed by atoms with E-state index < -0.39 is 10.0 Å². The van der Waals surface area contributed by atoms with Gasteiger partial charge in [0.05, 0.1) is 17.0 Å². The summed E-state index contributed by atoms with van der Waals surface area (Å²) < 4.78 is 27.9. The minimum Gasteiger partial charge on any atom is -0.444 e. The smallest absolute Gasteiger partial charge is 0.238 e. The highest BCUT2D eigenvalue weighted by Gasteiger charge is 2.10. The zero-order valence-electron chi connectivity index (χ0n) is 14.5. The number of rotatable bonds is 7. The van der Waals surface area contributed by atoms with Gasteiger partial charge in [-0.15, -0.1) is 0 Å². The Labute approximate surface area is 157 Å². The second-order valence-electron chi connectivity index (χ2n) is 5.98. The number of nitrogens with one attached hydrogen (secondary N) is 1. The van der Waals surface area contributed by atoms with E-state index in [1.54, 1.807) is 12.1 Å². The number of amides is 1. The Morgan fingerprint density at radius 2 is 1.78 bits per heavy atom. The Balaban J connectivity index is 1.48.